The summed E-state index contributed by atoms with van der Waals surface area (Å²) in [5, 5.41) is 9.34. The molecule has 0 spiro atoms. The van der Waals surface area contributed by atoms with E-state index < -0.39 is 5.54 Å². The van der Waals surface area contributed by atoms with Gasteiger partial charge in [-0.25, -0.2) is 0 Å². The van der Waals surface area contributed by atoms with Crippen LogP contribution in [0.25, 0.3) is 0 Å². The second-order valence-electron chi connectivity index (χ2n) is 4.33. The fourth-order valence-corrected chi connectivity index (χ4v) is 2.31. The highest BCUT2D eigenvalue weighted by Gasteiger charge is 2.31. The zero-order valence-corrected chi connectivity index (χ0v) is 8.59. The highest BCUT2D eigenvalue weighted by atomic mass is 16.3. The van der Waals surface area contributed by atoms with Crippen LogP contribution in [-0.2, 0) is 12.0 Å². The van der Waals surface area contributed by atoms with E-state index in [9.17, 15) is 5.11 Å². The maximum Gasteiger partial charge on any atom is 0.0653 e. The Bertz CT molecular complexity index is 348. The molecule has 0 fully saturated rings. The van der Waals surface area contributed by atoms with Gasteiger partial charge in [0.05, 0.1) is 12.1 Å². The zero-order chi connectivity index (χ0) is 10.2. The number of hydrogen-bond donors (Lipinski definition) is 2. The summed E-state index contributed by atoms with van der Waals surface area (Å²) in [6.07, 6.45) is 3.06. The summed E-state index contributed by atoms with van der Waals surface area (Å²) in [6, 6.07) is 6.33. The minimum atomic E-state index is -0.499. The van der Waals surface area contributed by atoms with Crippen LogP contribution in [0.5, 0.6) is 0 Å². The van der Waals surface area contributed by atoms with Crippen molar-refractivity contribution in [3.8, 4) is 0 Å². The standard InChI is InChI=1S/C12H17NO/c1-9-4-5-11-10(7-9)3-2-6-12(11,13)8-14/h4-5,7,14H,2-3,6,8,13H2,1H3. The molecule has 2 heteroatoms. The molecule has 2 nitrogen and oxygen atoms in total. The number of hydrogen-bond acceptors (Lipinski definition) is 2. The first-order chi connectivity index (χ1) is 6.65. The molecule has 1 aliphatic rings. The van der Waals surface area contributed by atoms with E-state index in [4.69, 9.17) is 5.73 Å². The first-order valence-corrected chi connectivity index (χ1v) is 5.15. The summed E-state index contributed by atoms with van der Waals surface area (Å²) in [5.41, 5.74) is 9.39. The maximum atomic E-state index is 9.34. The SMILES string of the molecule is Cc1ccc2c(c1)CCCC2(N)CO. The number of nitrogens with two attached hydrogens (primary N) is 1. The van der Waals surface area contributed by atoms with Gasteiger partial charge in [-0.05, 0) is 37.3 Å². The number of fused-ring (bicyclic) bond motifs is 1. The van der Waals surface area contributed by atoms with Gasteiger partial charge in [0, 0.05) is 0 Å². The number of aliphatic hydroxyl groups excluding tert-OH is 1. The Balaban J connectivity index is 2.50. The van der Waals surface area contributed by atoms with E-state index in [1.165, 1.54) is 11.1 Å². The molecule has 76 valence electrons. The number of aryl methyl sites for hydroxylation is 2. The van der Waals surface area contributed by atoms with Gasteiger partial charge >= 0.3 is 0 Å². The van der Waals surface area contributed by atoms with Crippen molar-refractivity contribution in [1.82, 2.24) is 0 Å². The van der Waals surface area contributed by atoms with E-state index in [0.717, 1.165) is 24.8 Å². The van der Waals surface area contributed by atoms with Crippen molar-refractivity contribution < 1.29 is 5.11 Å². The summed E-state index contributed by atoms with van der Waals surface area (Å²) >= 11 is 0. The van der Waals surface area contributed by atoms with Crippen LogP contribution in [0.3, 0.4) is 0 Å². The summed E-state index contributed by atoms with van der Waals surface area (Å²) in [5.74, 6) is 0. The lowest BCUT2D eigenvalue weighted by atomic mass is 9.77. The fraction of sp³-hybridized carbons (Fsp3) is 0.500. The Kier molecular flexibility index (Phi) is 2.33. The Morgan fingerprint density at radius 2 is 2.29 bits per heavy atom. The van der Waals surface area contributed by atoms with Gasteiger partial charge in [-0.15, -0.1) is 0 Å². The summed E-state index contributed by atoms with van der Waals surface area (Å²) in [4.78, 5) is 0. The summed E-state index contributed by atoms with van der Waals surface area (Å²) < 4.78 is 0. The molecule has 0 aromatic heterocycles. The Hall–Kier alpha value is -0.860. The number of benzene rings is 1. The average molecular weight is 191 g/mol. The van der Waals surface area contributed by atoms with E-state index in [-0.39, 0.29) is 6.61 Å². The topological polar surface area (TPSA) is 46.2 Å². The van der Waals surface area contributed by atoms with Gasteiger partial charge < -0.3 is 10.8 Å². The summed E-state index contributed by atoms with van der Waals surface area (Å²) in [6.45, 7) is 2.13. The van der Waals surface area contributed by atoms with Crippen LogP contribution in [-0.4, -0.2) is 11.7 Å². The van der Waals surface area contributed by atoms with E-state index in [1.807, 2.05) is 0 Å². The molecule has 2 rings (SSSR count). The molecule has 1 aromatic carbocycles. The lowest BCUT2D eigenvalue weighted by molar-refractivity contribution is 0.179. The maximum absolute atomic E-state index is 9.34. The minimum Gasteiger partial charge on any atom is -0.394 e. The van der Waals surface area contributed by atoms with Crippen LogP contribution in [0.15, 0.2) is 18.2 Å². The van der Waals surface area contributed by atoms with Gasteiger partial charge in [0.15, 0.2) is 0 Å². The first-order valence-electron chi connectivity index (χ1n) is 5.15. The Morgan fingerprint density at radius 3 is 3.00 bits per heavy atom. The monoisotopic (exact) mass is 191 g/mol. The van der Waals surface area contributed by atoms with Gasteiger partial charge in [0.1, 0.15) is 0 Å². The zero-order valence-electron chi connectivity index (χ0n) is 8.59. The molecule has 0 saturated carbocycles. The molecule has 0 radical (unpaired) electrons. The first kappa shape index (κ1) is 9.69. The Labute approximate surface area is 84.7 Å². The van der Waals surface area contributed by atoms with Gasteiger partial charge in [0.25, 0.3) is 0 Å². The molecule has 0 saturated heterocycles. The van der Waals surface area contributed by atoms with Gasteiger partial charge in [-0.1, -0.05) is 23.8 Å². The van der Waals surface area contributed by atoms with Crippen LogP contribution >= 0.6 is 0 Å². The molecular formula is C12H17NO. The number of aliphatic hydroxyl groups is 1. The molecule has 1 aliphatic carbocycles. The largest absolute Gasteiger partial charge is 0.394 e. The molecule has 14 heavy (non-hydrogen) atoms. The molecule has 1 aromatic rings. The predicted molar refractivity (Wildman–Crippen MR) is 57.1 cm³/mol. The molecule has 0 bridgehead atoms. The lowest BCUT2D eigenvalue weighted by Gasteiger charge is -2.34. The van der Waals surface area contributed by atoms with Crippen LogP contribution in [0.1, 0.15) is 29.5 Å². The van der Waals surface area contributed by atoms with Crippen molar-refractivity contribution in [2.45, 2.75) is 31.7 Å². The van der Waals surface area contributed by atoms with Crippen LogP contribution < -0.4 is 5.73 Å². The van der Waals surface area contributed by atoms with Crippen molar-refractivity contribution in [1.29, 1.82) is 0 Å². The van der Waals surface area contributed by atoms with Gasteiger partial charge in [0.2, 0.25) is 0 Å². The molecule has 0 amide bonds. The molecule has 1 unspecified atom stereocenters. The van der Waals surface area contributed by atoms with Crippen molar-refractivity contribution in [3.63, 3.8) is 0 Å². The van der Waals surface area contributed by atoms with Crippen LogP contribution in [0.2, 0.25) is 0 Å². The Morgan fingerprint density at radius 1 is 1.50 bits per heavy atom. The second-order valence-corrected chi connectivity index (χ2v) is 4.33. The van der Waals surface area contributed by atoms with E-state index >= 15 is 0 Å². The molecule has 0 heterocycles. The van der Waals surface area contributed by atoms with E-state index in [1.54, 1.807) is 0 Å². The molecular weight excluding hydrogens is 174 g/mol. The van der Waals surface area contributed by atoms with Crippen LogP contribution in [0, 0.1) is 6.92 Å². The van der Waals surface area contributed by atoms with Crippen molar-refractivity contribution in [2.75, 3.05) is 6.61 Å². The van der Waals surface area contributed by atoms with Gasteiger partial charge in [-0.3, -0.25) is 0 Å². The highest BCUT2D eigenvalue weighted by molar-refractivity contribution is 5.38. The minimum absolute atomic E-state index is 0.0447. The predicted octanol–water partition coefficient (Wildman–Crippen LogP) is 1.48. The fourth-order valence-electron chi connectivity index (χ4n) is 2.31. The molecule has 3 N–H and O–H groups in total. The van der Waals surface area contributed by atoms with Crippen molar-refractivity contribution >= 4 is 0 Å². The third-order valence-corrected chi connectivity index (χ3v) is 3.15. The van der Waals surface area contributed by atoms with Crippen LogP contribution in [0.4, 0.5) is 0 Å². The number of rotatable bonds is 1. The smallest absolute Gasteiger partial charge is 0.0653 e. The second kappa shape index (κ2) is 3.37. The quantitative estimate of drug-likeness (QED) is 0.706. The average Bonchev–Trinajstić information content (AvgIpc) is 2.18. The van der Waals surface area contributed by atoms with Gasteiger partial charge in [-0.2, -0.15) is 0 Å². The highest BCUT2D eigenvalue weighted by Crippen LogP contribution is 2.33. The third kappa shape index (κ3) is 1.45. The summed E-state index contributed by atoms with van der Waals surface area (Å²) in [7, 11) is 0. The molecule has 1 atom stereocenters. The normalized spacial score (nSPS) is 25.9. The van der Waals surface area contributed by atoms with E-state index in [2.05, 4.69) is 25.1 Å². The van der Waals surface area contributed by atoms with E-state index in [0.29, 0.717) is 0 Å². The molecule has 0 aliphatic heterocycles. The lowest BCUT2D eigenvalue weighted by Crippen LogP contribution is -2.43. The van der Waals surface area contributed by atoms with Crippen molar-refractivity contribution in [2.24, 2.45) is 5.73 Å². The third-order valence-electron chi connectivity index (χ3n) is 3.15. The van der Waals surface area contributed by atoms with Crippen molar-refractivity contribution in [3.05, 3.63) is 34.9 Å².